The largest absolute Gasteiger partial charge is 0.481 e. The maximum atomic E-state index is 14.5. The lowest BCUT2D eigenvalue weighted by Gasteiger charge is -2.39. The number of nitrogens with zero attached hydrogens (tertiary/aromatic N) is 4. The van der Waals surface area contributed by atoms with Crippen molar-refractivity contribution in [2.45, 2.75) is 66.1 Å². The SMILES string of the molecule is C[C@H]1C[C@](C)(C(=O)O)CC[C@H]1n1ncc(C(=O)N(CC(=O)c2c(Cl)cncc2Cl)CC(C)(C)C)c1C(F)(F)F. The molecule has 2 aromatic heterocycles. The van der Waals surface area contributed by atoms with Gasteiger partial charge in [-0.3, -0.25) is 24.0 Å². The van der Waals surface area contributed by atoms with Gasteiger partial charge in [-0.25, -0.2) is 0 Å². The molecular weight excluding hydrogens is 560 g/mol. The van der Waals surface area contributed by atoms with Gasteiger partial charge in [0, 0.05) is 18.9 Å². The van der Waals surface area contributed by atoms with Gasteiger partial charge in [-0.05, 0) is 37.5 Å². The van der Waals surface area contributed by atoms with E-state index in [2.05, 4.69) is 10.1 Å². The Hall–Kier alpha value is -2.66. The van der Waals surface area contributed by atoms with E-state index < -0.39 is 64.4 Å². The molecule has 39 heavy (non-hydrogen) atoms. The van der Waals surface area contributed by atoms with Gasteiger partial charge in [0.05, 0.1) is 45.4 Å². The Kier molecular flexibility index (Phi) is 8.77. The summed E-state index contributed by atoms with van der Waals surface area (Å²) >= 11 is 12.2. The van der Waals surface area contributed by atoms with Gasteiger partial charge in [-0.2, -0.15) is 18.3 Å². The zero-order chi connectivity index (χ0) is 29.5. The summed E-state index contributed by atoms with van der Waals surface area (Å²) in [6.07, 6.45) is -1.18. The second-order valence-corrected chi connectivity index (χ2v) is 12.4. The van der Waals surface area contributed by atoms with E-state index in [1.807, 2.05) is 0 Å². The Balaban J connectivity index is 2.02. The minimum absolute atomic E-state index is 0.0425. The third-order valence-electron chi connectivity index (χ3n) is 6.97. The van der Waals surface area contributed by atoms with Gasteiger partial charge < -0.3 is 10.0 Å². The summed E-state index contributed by atoms with van der Waals surface area (Å²) in [7, 11) is 0. The summed E-state index contributed by atoms with van der Waals surface area (Å²) < 4.78 is 44.2. The average Bonchev–Trinajstić information content (AvgIpc) is 3.22. The standard InChI is InChI=1S/C26H31Cl2F3N4O4/c1-14-8-25(5,23(38)39)7-6-18(14)35-21(26(29,30)31)15(9-33-35)22(37)34(13-24(2,3)4)12-19(36)20-16(27)10-32-11-17(20)28/h9-11,14,18H,6-8,12-13H2,1-5H3,(H,38,39)/t14-,18+,25+/m0/s1. The van der Waals surface area contributed by atoms with Crippen LogP contribution in [0.4, 0.5) is 13.2 Å². The third kappa shape index (κ3) is 6.74. The molecule has 3 atom stereocenters. The van der Waals surface area contributed by atoms with Crippen LogP contribution >= 0.6 is 23.2 Å². The van der Waals surface area contributed by atoms with Gasteiger partial charge in [-0.1, -0.05) is 50.9 Å². The Bertz CT molecular complexity index is 1250. The monoisotopic (exact) mass is 590 g/mol. The number of carbonyl (C=O) groups excluding carboxylic acids is 2. The number of hydrogen-bond acceptors (Lipinski definition) is 5. The molecular formula is C26H31Cl2F3N4O4. The van der Waals surface area contributed by atoms with E-state index >= 15 is 0 Å². The highest BCUT2D eigenvalue weighted by Gasteiger charge is 2.47. The normalized spacial score (nSPS) is 22.0. The molecule has 0 radical (unpaired) electrons. The van der Waals surface area contributed by atoms with Crippen LogP contribution in [0.15, 0.2) is 18.6 Å². The van der Waals surface area contributed by atoms with Crippen molar-refractivity contribution in [3.05, 3.63) is 45.5 Å². The van der Waals surface area contributed by atoms with Gasteiger partial charge in [0.15, 0.2) is 11.5 Å². The van der Waals surface area contributed by atoms with Crippen LogP contribution in [0.3, 0.4) is 0 Å². The van der Waals surface area contributed by atoms with E-state index in [0.29, 0.717) is 0 Å². The van der Waals surface area contributed by atoms with Crippen LogP contribution < -0.4 is 0 Å². The summed E-state index contributed by atoms with van der Waals surface area (Å²) in [4.78, 5) is 43.3. The lowest BCUT2D eigenvalue weighted by atomic mass is 9.69. The van der Waals surface area contributed by atoms with E-state index in [1.165, 1.54) is 12.4 Å². The predicted octanol–water partition coefficient (Wildman–Crippen LogP) is 6.43. The molecule has 1 N–H and O–H groups in total. The molecule has 1 fully saturated rings. The molecule has 0 aromatic carbocycles. The summed E-state index contributed by atoms with van der Waals surface area (Å²) in [5, 5.41) is 13.5. The molecule has 3 rings (SSSR count). The van der Waals surface area contributed by atoms with Gasteiger partial charge in [0.25, 0.3) is 5.91 Å². The number of carboxylic acid groups (broad SMARTS) is 1. The molecule has 0 saturated heterocycles. The highest BCUT2D eigenvalue weighted by Crippen LogP contribution is 2.46. The molecule has 2 heterocycles. The molecule has 0 spiro atoms. The number of Topliss-reactive ketones (excluding diaryl/α,β-unsaturated/α-hetero) is 1. The summed E-state index contributed by atoms with van der Waals surface area (Å²) in [5.41, 5.74) is -3.63. The zero-order valence-electron chi connectivity index (χ0n) is 22.3. The maximum absolute atomic E-state index is 14.5. The minimum Gasteiger partial charge on any atom is -0.481 e. The lowest BCUT2D eigenvalue weighted by molar-refractivity contribution is -0.153. The number of alkyl halides is 3. The first-order valence-electron chi connectivity index (χ1n) is 12.4. The molecule has 214 valence electrons. The van der Waals surface area contributed by atoms with Crippen LogP contribution in [0.25, 0.3) is 0 Å². The van der Waals surface area contributed by atoms with Crippen molar-refractivity contribution in [1.29, 1.82) is 0 Å². The fourth-order valence-electron chi connectivity index (χ4n) is 5.18. The second-order valence-electron chi connectivity index (χ2n) is 11.6. The molecule has 1 aliphatic carbocycles. The number of aromatic nitrogens is 3. The quantitative estimate of drug-likeness (QED) is 0.373. The number of aliphatic carboxylic acids is 1. The van der Waals surface area contributed by atoms with E-state index in [0.717, 1.165) is 15.8 Å². The number of carboxylic acids is 1. The predicted molar refractivity (Wildman–Crippen MR) is 139 cm³/mol. The number of carbonyl (C=O) groups is 3. The third-order valence-corrected chi connectivity index (χ3v) is 7.54. The average molecular weight is 591 g/mol. The van der Waals surface area contributed by atoms with Crippen LogP contribution in [-0.2, 0) is 11.0 Å². The van der Waals surface area contributed by atoms with Crippen LogP contribution in [0, 0.1) is 16.7 Å². The Labute approximate surface area is 234 Å². The number of rotatable bonds is 7. The van der Waals surface area contributed by atoms with Crippen molar-refractivity contribution in [1.82, 2.24) is 19.7 Å². The fraction of sp³-hybridized carbons (Fsp3) is 0.577. The summed E-state index contributed by atoms with van der Waals surface area (Å²) in [6, 6.07) is -0.761. The Morgan fingerprint density at radius 2 is 1.74 bits per heavy atom. The molecule has 1 saturated carbocycles. The van der Waals surface area contributed by atoms with Crippen molar-refractivity contribution in [3.8, 4) is 0 Å². The van der Waals surface area contributed by atoms with E-state index in [1.54, 1.807) is 34.6 Å². The lowest BCUT2D eigenvalue weighted by Crippen LogP contribution is -2.42. The van der Waals surface area contributed by atoms with Crippen molar-refractivity contribution < 1.29 is 32.7 Å². The van der Waals surface area contributed by atoms with Crippen LogP contribution in [0.1, 0.15) is 86.3 Å². The Morgan fingerprint density at radius 1 is 1.15 bits per heavy atom. The van der Waals surface area contributed by atoms with Crippen molar-refractivity contribution in [2.24, 2.45) is 16.7 Å². The number of halogens is 5. The topological polar surface area (TPSA) is 105 Å². The van der Waals surface area contributed by atoms with E-state index in [9.17, 15) is 32.7 Å². The van der Waals surface area contributed by atoms with Crippen molar-refractivity contribution in [2.75, 3.05) is 13.1 Å². The molecule has 1 aliphatic rings. The van der Waals surface area contributed by atoms with Crippen molar-refractivity contribution >= 4 is 40.9 Å². The molecule has 1 amide bonds. The first-order chi connectivity index (χ1) is 17.9. The molecule has 2 aromatic rings. The molecule has 13 heteroatoms. The molecule has 0 aliphatic heterocycles. The Morgan fingerprint density at radius 3 is 2.23 bits per heavy atom. The number of pyridine rings is 1. The number of hydrogen-bond donors (Lipinski definition) is 1. The first-order valence-corrected chi connectivity index (χ1v) is 13.1. The molecule has 0 unspecified atom stereocenters. The summed E-state index contributed by atoms with van der Waals surface area (Å²) in [5.74, 6) is -3.12. The zero-order valence-corrected chi connectivity index (χ0v) is 23.8. The van der Waals surface area contributed by atoms with Gasteiger partial charge in [0.2, 0.25) is 0 Å². The smallest absolute Gasteiger partial charge is 0.433 e. The van der Waals surface area contributed by atoms with Gasteiger partial charge >= 0.3 is 12.1 Å². The first kappa shape index (κ1) is 30.9. The fourth-order valence-corrected chi connectivity index (χ4v) is 5.76. The maximum Gasteiger partial charge on any atom is 0.433 e. The molecule has 0 bridgehead atoms. The van der Waals surface area contributed by atoms with Gasteiger partial charge in [0.1, 0.15) is 0 Å². The second kappa shape index (κ2) is 11.1. The number of amides is 1. The van der Waals surface area contributed by atoms with Crippen LogP contribution in [0.2, 0.25) is 10.0 Å². The highest BCUT2D eigenvalue weighted by molar-refractivity contribution is 6.39. The molecule has 8 nitrogen and oxygen atoms in total. The van der Waals surface area contributed by atoms with E-state index in [-0.39, 0.29) is 41.4 Å². The minimum atomic E-state index is -4.94. The van der Waals surface area contributed by atoms with Crippen LogP contribution in [0.5, 0.6) is 0 Å². The highest BCUT2D eigenvalue weighted by atomic mass is 35.5. The number of ketones is 1. The van der Waals surface area contributed by atoms with E-state index in [4.69, 9.17) is 23.2 Å². The van der Waals surface area contributed by atoms with Gasteiger partial charge in [-0.15, -0.1) is 0 Å². The summed E-state index contributed by atoms with van der Waals surface area (Å²) in [6.45, 7) is 7.98. The van der Waals surface area contributed by atoms with Crippen LogP contribution in [-0.4, -0.2) is 55.5 Å². The van der Waals surface area contributed by atoms with Crippen molar-refractivity contribution in [3.63, 3.8) is 0 Å².